The van der Waals surface area contributed by atoms with Crippen molar-refractivity contribution in [2.45, 2.75) is 29.4 Å². The Morgan fingerprint density at radius 2 is 1.87 bits per heavy atom. The van der Waals surface area contributed by atoms with E-state index in [0.29, 0.717) is 6.54 Å². The second-order valence-corrected chi connectivity index (χ2v) is 9.75. The number of benzene rings is 2. The van der Waals surface area contributed by atoms with Crippen molar-refractivity contribution in [3.8, 4) is 0 Å². The van der Waals surface area contributed by atoms with E-state index in [1.807, 2.05) is 47.4 Å². The van der Waals surface area contributed by atoms with Crippen LogP contribution < -0.4 is 5.32 Å². The van der Waals surface area contributed by atoms with E-state index in [9.17, 15) is 9.59 Å². The van der Waals surface area contributed by atoms with Crippen molar-refractivity contribution in [2.24, 2.45) is 4.99 Å². The van der Waals surface area contributed by atoms with Gasteiger partial charge in [-0.25, -0.2) is 14.8 Å². The smallest absolute Gasteiger partial charge is 0.325 e. The molecule has 5 rings (SSSR count). The number of carbonyl (C=O) groups excluding carboxylic acids is 2. The number of thioether (sulfide) groups is 1. The molecule has 3 heterocycles. The minimum Gasteiger partial charge on any atom is -0.335 e. The second kappa shape index (κ2) is 8.32. The first kappa shape index (κ1) is 20.0. The standard InChI is InChI=1S/C22H21N5O2S2/c1-26-18-17(19(28)25-20(26)29)27(13-7-10-14-8-3-2-4-9-14)21(24-18)31-22-23-15-11-5-6-12-16(15)30-22/h2-6,8-9,11-12,17-18H,7,10,13H2,1H3,(H,25,28,29). The molecule has 3 aromatic rings. The van der Waals surface area contributed by atoms with Crippen LogP contribution in [0.3, 0.4) is 0 Å². The molecule has 0 radical (unpaired) electrons. The van der Waals surface area contributed by atoms with Crippen LogP contribution >= 0.6 is 23.1 Å². The molecule has 2 aromatic carbocycles. The third kappa shape index (κ3) is 3.90. The van der Waals surface area contributed by atoms with E-state index in [4.69, 9.17) is 9.98 Å². The topological polar surface area (TPSA) is 77.9 Å². The van der Waals surface area contributed by atoms with Crippen molar-refractivity contribution in [1.82, 2.24) is 20.1 Å². The molecule has 0 bridgehead atoms. The van der Waals surface area contributed by atoms with Gasteiger partial charge in [0, 0.05) is 13.6 Å². The minimum absolute atomic E-state index is 0.295. The molecule has 1 N–H and O–H groups in total. The zero-order valence-corrected chi connectivity index (χ0v) is 18.5. The third-order valence-electron chi connectivity index (χ3n) is 5.48. The van der Waals surface area contributed by atoms with Gasteiger partial charge in [-0.05, 0) is 42.3 Å². The van der Waals surface area contributed by atoms with Crippen LogP contribution in [0, 0.1) is 0 Å². The zero-order valence-electron chi connectivity index (χ0n) is 16.9. The molecule has 9 heteroatoms. The Bertz CT molecular complexity index is 1130. The maximum absolute atomic E-state index is 12.7. The van der Waals surface area contributed by atoms with Crippen LogP contribution in [0.5, 0.6) is 0 Å². The first-order valence-electron chi connectivity index (χ1n) is 10.1. The van der Waals surface area contributed by atoms with E-state index in [1.54, 1.807) is 18.4 Å². The van der Waals surface area contributed by atoms with Crippen LogP contribution in [0.4, 0.5) is 4.79 Å². The molecule has 1 aromatic heterocycles. The van der Waals surface area contributed by atoms with Gasteiger partial charge in [-0.15, -0.1) is 11.3 Å². The number of fused-ring (bicyclic) bond motifs is 2. The maximum atomic E-state index is 12.7. The number of urea groups is 1. The summed E-state index contributed by atoms with van der Waals surface area (Å²) in [4.78, 5) is 37.9. The van der Waals surface area contributed by atoms with Crippen LogP contribution in [0.2, 0.25) is 0 Å². The number of rotatable bonds is 5. The summed E-state index contributed by atoms with van der Waals surface area (Å²) >= 11 is 3.07. The monoisotopic (exact) mass is 451 g/mol. The van der Waals surface area contributed by atoms with Crippen LogP contribution in [0.25, 0.3) is 10.2 Å². The predicted octanol–water partition coefficient (Wildman–Crippen LogP) is 3.57. The third-order valence-corrected chi connectivity index (χ3v) is 7.60. The molecule has 2 aliphatic heterocycles. The Hall–Kier alpha value is -2.91. The quantitative estimate of drug-likeness (QED) is 0.642. The van der Waals surface area contributed by atoms with Crippen molar-refractivity contribution in [1.29, 1.82) is 0 Å². The molecule has 7 nitrogen and oxygen atoms in total. The SMILES string of the molecule is CN1C(=O)NC(=O)C2C1N=C(Sc1nc3ccccc3s1)N2CCCc1ccccc1. The average molecular weight is 452 g/mol. The number of aryl methyl sites for hydroxylation is 1. The highest BCUT2D eigenvalue weighted by atomic mass is 32.2. The molecule has 0 aliphatic carbocycles. The zero-order chi connectivity index (χ0) is 21.4. The lowest BCUT2D eigenvalue weighted by Crippen LogP contribution is -2.63. The van der Waals surface area contributed by atoms with Gasteiger partial charge < -0.3 is 9.80 Å². The van der Waals surface area contributed by atoms with E-state index < -0.39 is 18.2 Å². The average Bonchev–Trinajstić information content (AvgIpc) is 3.34. The summed E-state index contributed by atoms with van der Waals surface area (Å²) in [6.45, 7) is 0.669. The summed E-state index contributed by atoms with van der Waals surface area (Å²) in [6.07, 6.45) is 1.26. The van der Waals surface area contributed by atoms with Crippen LogP contribution in [0.1, 0.15) is 12.0 Å². The van der Waals surface area contributed by atoms with Gasteiger partial charge in [0.25, 0.3) is 5.91 Å². The number of hydrogen-bond acceptors (Lipinski definition) is 7. The molecule has 158 valence electrons. The van der Waals surface area contributed by atoms with Crippen LogP contribution in [-0.4, -0.2) is 57.7 Å². The van der Waals surface area contributed by atoms with Gasteiger partial charge in [0.2, 0.25) is 0 Å². The van der Waals surface area contributed by atoms with E-state index in [1.165, 1.54) is 22.2 Å². The highest BCUT2D eigenvalue weighted by Crippen LogP contribution is 2.35. The number of nitrogens with zero attached hydrogens (tertiary/aromatic N) is 4. The van der Waals surface area contributed by atoms with Gasteiger partial charge in [-0.2, -0.15) is 0 Å². The summed E-state index contributed by atoms with van der Waals surface area (Å²) in [7, 11) is 1.68. The Balaban J connectivity index is 1.39. The van der Waals surface area contributed by atoms with Gasteiger partial charge in [-0.1, -0.05) is 42.5 Å². The highest BCUT2D eigenvalue weighted by molar-refractivity contribution is 8.15. The summed E-state index contributed by atoms with van der Waals surface area (Å²) in [6, 6.07) is 17.4. The molecule has 0 spiro atoms. The number of carbonyl (C=O) groups is 2. The number of para-hydroxylation sites is 1. The van der Waals surface area contributed by atoms with Crippen molar-refractivity contribution < 1.29 is 9.59 Å². The molecule has 2 atom stereocenters. The van der Waals surface area contributed by atoms with Gasteiger partial charge in [0.15, 0.2) is 21.7 Å². The second-order valence-electron chi connectivity index (χ2n) is 7.51. The Labute approximate surface area is 188 Å². The van der Waals surface area contributed by atoms with E-state index in [0.717, 1.165) is 32.6 Å². The maximum Gasteiger partial charge on any atom is 0.325 e. The Morgan fingerprint density at radius 1 is 1.10 bits per heavy atom. The summed E-state index contributed by atoms with van der Waals surface area (Å²) in [5, 5.41) is 3.19. The first-order valence-corrected chi connectivity index (χ1v) is 11.7. The number of thiazole rings is 1. The fourth-order valence-electron chi connectivity index (χ4n) is 3.89. The number of likely N-dealkylation sites (N-methyl/N-ethyl adjacent to an activating group) is 1. The van der Waals surface area contributed by atoms with Gasteiger partial charge >= 0.3 is 6.03 Å². The highest BCUT2D eigenvalue weighted by Gasteiger charge is 2.48. The largest absolute Gasteiger partial charge is 0.335 e. The minimum atomic E-state index is -0.519. The summed E-state index contributed by atoms with van der Waals surface area (Å²) in [5.41, 5.74) is 2.21. The fraction of sp³-hybridized carbons (Fsp3) is 0.273. The number of amides is 3. The first-order chi connectivity index (χ1) is 15.1. The summed E-state index contributed by atoms with van der Waals surface area (Å²) in [5.74, 6) is -0.295. The predicted molar refractivity (Wildman–Crippen MR) is 123 cm³/mol. The van der Waals surface area contributed by atoms with Gasteiger partial charge in [-0.3, -0.25) is 10.1 Å². The van der Waals surface area contributed by atoms with Crippen LogP contribution in [0.15, 0.2) is 63.9 Å². The summed E-state index contributed by atoms with van der Waals surface area (Å²) < 4.78 is 1.99. The van der Waals surface area contributed by atoms with E-state index >= 15 is 0 Å². The Kier molecular flexibility index (Phi) is 5.37. The molecular weight excluding hydrogens is 430 g/mol. The number of aromatic nitrogens is 1. The lowest BCUT2D eigenvalue weighted by atomic mass is 10.1. The van der Waals surface area contributed by atoms with Crippen molar-refractivity contribution in [3.63, 3.8) is 0 Å². The van der Waals surface area contributed by atoms with Gasteiger partial charge in [0.1, 0.15) is 0 Å². The molecule has 1 fully saturated rings. The molecule has 2 aliphatic rings. The number of hydrogen-bond donors (Lipinski definition) is 1. The molecule has 1 saturated heterocycles. The van der Waals surface area contributed by atoms with Crippen molar-refractivity contribution in [3.05, 3.63) is 60.2 Å². The van der Waals surface area contributed by atoms with Crippen molar-refractivity contribution in [2.75, 3.05) is 13.6 Å². The molecule has 0 saturated carbocycles. The number of aliphatic imine (C=N–C) groups is 1. The molecule has 3 amide bonds. The Morgan fingerprint density at radius 3 is 2.68 bits per heavy atom. The number of amidine groups is 1. The number of imide groups is 1. The lowest BCUT2D eigenvalue weighted by molar-refractivity contribution is -0.127. The normalized spacial score (nSPS) is 20.7. The fourth-order valence-corrected chi connectivity index (χ4v) is 6.03. The molecule has 2 unspecified atom stereocenters. The van der Waals surface area contributed by atoms with Gasteiger partial charge in [0.05, 0.1) is 10.2 Å². The molecular formula is C22H21N5O2S2. The van der Waals surface area contributed by atoms with E-state index in [2.05, 4.69) is 17.4 Å². The molecule has 31 heavy (non-hydrogen) atoms. The van der Waals surface area contributed by atoms with Crippen LogP contribution in [-0.2, 0) is 11.2 Å². The number of nitrogens with one attached hydrogen (secondary N) is 1. The van der Waals surface area contributed by atoms with Crippen molar-refractivity contribution >= 4 is 50.4 Å². The lowest BCUT2D eigenvalue weighted by Gasteiger charge is -2.36. The van der Waals surface area contributed by atoms with E-state index in [-0.39, 0.29) is 5.91 Å².